The van der Waals surface area contributed by atoms with E-state index in [1.54, 1.807) is 24.8 Å². The van der Waals surface area contributed by atoms with Crippen LogP contribution in [0.1, 0.15) is 31.5 Å². The summed E-state index contributed by atoms with van der Waals surface area (Å²) in [5.74, 6) is 1.30. The number of aromatic amines is 1. The van der Waals surface area contributed by atoms with Crippen LogP contribution in [-0.2, 0) is 21.1 Å². The molecule has 0 bridgehead atoms. The number of aryl methyl sites for hydroxylation is 1. The fourth-order valence-electron chi connectivity index (χ4n) is 3.52. The van der Waals surface area contributed by atoms with Gasteiger partial charge in [0.25, 0.3) is 0 Å². The minimum atomic E-state index is -3.35. The quantitative estimate of drug-likeness (QED) is 0.572. The number of nitrogens with zero attached hydrogens (tertiary/aromatic N) is 2. The van der Waals surface area contributed by atoms with Crippen LogP contribution in [0.4, 0.5) is 0 Å². The SMILES string of the molecule is CCc1cc(Oc2ccc(S(C)(=O)=O)nc2)cc2cc(C3=NCC(CC(C)=O)S3)[nH]c12. The topological polar surface area (TPSA) is 101 Å². The number of sulfone groups is 1. The van der Waals surface area contributed by atoms with Gasteiger partial charge >= 0.3 is 0 Å². The fourth-order valence-corrected chi connectivity index (χ4v) is 5.25. The summed E-state index contributed by atoms with van der Waals surface area (Å²) in [4.78, 5) is 23.5. The Morgan fingerprint density at radius 3 is 2.71 bits per heavy atom. The fraction of sp³-hybridized carbons (Fsp3) is 0.318. The molecule has 1 aliphatic heterocycles. The lowest BCUT2D eigenvalue weighted by Gasteiger charge is -2.08. The van der Waals surface area contributed by atoms with E-state index in [0.717, 1.165) is 39.9 Å². The highest BCUT2D eigenvalue weighted by Crippen LogP contribution is 2.33. The highest BCUT2D eigenvalue weighted by Gasteiger charge is 2.23. The van der Waals surface area contributed by atoms with Crippen molar-refractivity contribution in [3.05, 3.63) is 47.8 Å². The summed E-state index contributed by atoms with van der Waals surface area (Å²) in [5, 5.41) is 2.14. The minimum absolute atomic E-state index is 0.0118. The first-order chi connectivity index (χ1) is 14.7. The van der Waals surface area contributed by atoms with E-state index in [1.165, 1.54) is 12.3 Å². The number of hydrogen-bond donors (Lipinski definition) is 1. The van der Waals surface area contributed by atoms with E-state index in [1.807, 2.05) is 18.2 Å². The first-order valence-electron chi connectivity index (χ1n) is 9.93. The highest BCUT2D eigenvalue weighted by atomic mass is 32.2. The number of aliphatic imine (C=N–C) groups is 1. The van der Waals surface area contributed by atoms with Crippen LogP contribution in [0.2, 0.25) is 0 Å². The third-order valence-electron chi connectivity index (χ3n) is 4.95. The number of nitrogens with one attached hydrogen (secondary N) is 1. The van der Waals surface area contributed by atoms with Gasteiger partial charge in [-0.3, -0.25) is 9.79 Å². The normalized spacial score (nSPS) is 16.5. The first-order valence-corrected chi connectivity index (χ1v) is 12.7. The molecule has 4 rings (SSSR count). The Labute approximate surface area is 185 Å². The molecule has 31 heavy (non-hydrogen) atoms. The average Bonchev–Trinajstić information content (AvgIpc) is 3.33. The number of benzene rings is 1. The van der Waals surface area contributed by atoms with Gasteiger partial charge in [0.15, 0.2) is 14.9 Å². The van der Waals surface area contributed by atoms with E-state index in [4.69, 9.17) is 4.74 Å². The molecule has 1 unspecified atom stereocenters. The van der Waals surface area contributed by atoms with Crippen LogP contribution in [0.5, 0.6) is 11.5 Å². The molecular formula is C22H23N3O4S2. The lowest BCUT2D eigenvalue weighted by atomic mass is 10.1. The van der Waals surface area contributed by atoms with Gasteiger partial charge in [-0.15, -0.1) is 0 Å². The highest BCUT2D eigenvalue weighted by molar-refractivity contribution is 8.15. The van der Waals surface area contributed by atoms with Crippen molar-refractivity contribution in [1.29, 1.82) is 0 Å². The van der Waals surface area contributed by atoms with E-state index in [9.17, 15) is 13.2 Å². The lowest BCUT2D eigenvalue weighted by Crippen LogP contribution is -2.08. The molecule has 0 radical (unpaired) electrons. The number of carbonyl (C=O) groups is 1. The maximum absolute atomic E-state index is 11.6. The Kier molecular flexibility index (Phi) is 5.90. The zero-order valence-corrected chi connectivity index (χ0v) is 19.1. The van der Waals surface area contributed by atoms with E-state index >= 15 is 0 Å². The van der Waals surface area contributed by atoms with Crippen molar-refractivity contribution in [2.75, 3.05) is 12.8 Å². The van der Waals surface area contributed by atoms with Gasteiger partial charge in [0.2, 0.25) is 0 Å². The predicted molar refractivity (Wildman–Crippen MR) is 123 cm³/mol. The van der Waals surface area contributed by atoms with E-state index < -0.39 is 9.84 Å². The van der Waals surface area contributed by atoms with Crippen LogP contribution in [0.15, 0.2) is 46.5 Å². The third kappa shape index (κ3) is 4.83. The molecule has 1 aromatic carbocycles. The molecule has 0 fully saturated rings. The van der Waals surface area contributed by atoms with Gasteiger partial charge in [-0.05, 0) is 49.2 Å². The van der Waals surface area contributed by atoms with Gasteiger partial charge < -0.3 is 9.72 Å². The molecule has 9 heteroatoms. The number of hydrogen-bond acceptors (Lipinski definition) is 7. The number of carbonyl (C=O) groups excluding carboxylic acids is 1. The van der Waals surface area contributed by atoms with Crippen molar-refractivity contribution >= 4 is 43.3 Å². The number of thioether (sulfide) groups is 1. The van der Waals surface area contributed by atoms with Crippen LogP contribution in [0, 0.1) is 0 Å². The van der Waals surface area contributed by atoms with Gasteiger partial charge in [0.1, 0.15) is 22.3 Å². The summed E-state index contributed by atoms with van der Waals surface area (Å²) in [6.07, 6.45) is 3.87. The van der Waals surface area contributed by atoms with Crippen LogP contribution < -0.4 is 4.74 Å². The van der Waals surface area contributed by atoms with Crippen LogP contribution in [-0.4, -0.2) is 47.3 Å². The van der Waals surface area contributed by atoms with E-state index in [0.29, 0.717) is 24.5 Å². The molecule has 0 saturated heterocycles. The standard InChI is InChI=1S/C22H23N3O4S2/c1-4-14-8-17(29-16-5-6-20(23-11-16)31(3,27)28)9-15-10-19(25-21(14)15)22-24-12-18(30-22)7-13(2)26/h5-6,8-11,18,25H,4,7,12H2,1-3H3. The Morgan fingerprint density at radius 1 is 1.26 bits per heavy atom. The number of aromatic nitrogens is 2. The Hall–Kier alpha value is -2.65. The van der Waals surface area contributed by atoms with E-state index in [-0.39, 0.29) is 16.1 Å². The van der Waals surface area contributed by atoms with Gasteiger partial charge in [0, 0.05) is 28.8 Å². The second-order valence-corrected chi connectivity index (χ2v) is 10.8. The van der Waals surface area contributed by atoms with Crippen LogP contribution >= 0.6 is 11.8 Å². The summed E-state index contributed by atoms with van der Waals surface area (Å²) in [5.41, 5.74) is 3.08. The predicted octanol–water partition coefficient (Wildman–Crippen LogP) is 4.16. The molecule has 0 saturated carbocycles. The number of rotatable bonds is 7. The molecule has 0 spiro atoms. The van der Waals surface area contributed by atoms with Crippen molar-refractivity contribution in [1.82, 2.24) is 9.97 Å². The number of fused-ring (bicyclic) bond motifs is 1. The molecule has 7 nitrogen and oxygen atoms in total. The second kappa shape index (κ2) is 8.47. The summed E-state index contributed by atoms with van der Waals surface area (Å²) < 4.78 is 29.1. The van der Waals surface area contributed by atoms with Gasteiger partial charge in [-0.25, -0.2) is 13.4 Å². The Balaban J connectivity index is 1.60. The summed E-state index contributed by atoms with van der Waals surface area (Å²) >= 11 is 1.64. The van der Waals surface area contributed by atoms with Gasteiger partial charge in [0.05, 0.1) is 18.4 Å². The second-order valence-electron chi connectivity index (χ2n) is 7.58. The molecule has 0 amide bonds. The molecule has 3 heterocycles. The summed E-state index contributed by atoms with van der Waals surface area (Å²) in [6, 6.07) is 8.99. The maximum atomic E-state index is 11.6. The van der Waals surface area contributed by atoms with Crippen molar-refractivity contribution in [2.24, 2.45) is 4.99 Å². The van der Waals surface area contributed by atoms with Crippen LogP contribution in [0.3, 0.4) is 0 Å². The number of pyridine rings is 1. The number of Topliss-reactive ketones (excluding diaryl/α,β-unsaturated/α-hetero) is 1. The molecule has 0 aliphatic carbocycles. The summed E-state index contributed by atoms with van der Waals surface area (Å²) in [6.45, 7) is 4.34. The molecule has 1 aliphatic rings. The van der Waals surface area contributed by atoms with Crippen molar-refractivity contribution in [3.63, 3.8) is 0 Å². The number of ketones is 1. The van der Waals surface area contributed by atoms with Crippen LogP contribution in [0.25, 0.3) is 10.9 Å². The Bertz CT molecular complexity index is 1280. The average molecular weight is 458 g/mol. The molecule has 1 N–H and O–H groups in total. The van der Waals surface area contributed by atoms with Gasteiger partial charge in [-0.1, -0.05) is 18.7 Å². The van der Waals surface area contributed by atoms with Crippen molar-refractivity contribution < 1.29 is 17.9 Å². The maximum Gasteiger partial charge on any atom is 0.192 e. The largest absolute Gasteiger partial charge is 0.456 e. The Morgan fingerprint density at radius 2 is 2.06 bits per heavy atom. The summed E-state index contributed by atoms with van der Waals surface area (Å²) in [7, 11) is -3.35. The zero-order valence-electron chi connectivity index (χ0n) is 17.5. The number of H-pyrrole nitrogens is 1. The third-order valence-corrected chi connectivity index (χ3v) is 7.17. The lowest BCUT2D eigenvalue weighted by molar-refractivity contribution is -0.116. The van der Waals surface area contributed by atoms with Crippen molar-refractivity contribution in [2.45, 2.75) is 37.0 Å². The minimum Gasteiger partial charge on any atom is -0.456 e. The monoisotopic (exact) mass is 457 g/mol. The molecule has 3 aromatic rings. The smallest absolute Gasteiger partial charge is 0.192 e. The van der Waals surface area contributed by atoms with E-state index in [2.05, 4.69) is 21.9 Å². The number of ether oxygens (including phenoxy) is 1. The first kappa shape index (κ1) is 21.6. The zero-order chi connectivity index (χ0) is 22.2. The molecule has 162 valence electrons. The molecule has 2 aromatic heterocycles. The molecular weight excluding hydrogens is 434 g/mol. The molecule has 1 atom stereocenters. The van der Waals surface area contributed by atoms with Gasteiger partial charge in [-0.2, -0.15) is 0 Å². The van der Waals surface area contributed by atoms with Crippen molar-refractivity contribution in [3.8, 4) is 11.5 Å².